The molecule has 1 aliphatic heterocycles. The van der Waals surface area contributed by atoms with Gasteiger partial charge < -0.3 is 4.74 Å². The number of ether oxygens (including phenoxy) is 1. The Balaban J connectivity index is 1.55. The molecule has 0 saturated carbocycles. The second kappa shape index (κ2) is 6.16. The minimum absolute atomic E-state index is 0.115. The molecule has 4 rings (SSSR count). The third-order valence-corrected chi connectivity index (χ3v) is 5.02. The summed E-state index contributed by atoms with van der Waals surface area (Å²) in [6.07, 6.45) is 1.97. The molecule has 0 amide bonds. The highest BCUT2D eigenvalue weighted by molar-refractivity contribution is 7.09. The van der Waals surface area contributed by atoms with Gasteiger partial charge in [-0.15, -0.1) is 11.3 Å². The molecule has 1 fully saturated rings. The van der Waals surface area contributed by atoms with Crippen LogP contribution in [-0.4, -0.2) is 29.6 Å². The molecule has 0 unspecified atom stereocenters. The van der Waals surface area contributed by atoms with Crippen LogP contribution < -0.4 is 0 Å². The van der Waals surface area contributed by atoms with Gasteiger partial charge >= 0.3 is 0 Å². The first kappa shape index (κ1) is 13.9. The quantitative estimate of drug-likeness (QED) is 0.734. The van der Waals surface area contributed by atoms with Gasteiger partial charge in [0.1, 0.15) is 11.1 Å². The Bertz CT molecular complexity index is 751. The van der Waals surface area contributed by atoms with Crippen LogP contribution >= 0.6 is 11.3 Å². The summed E-state index contributed by atoms with van der Waals surface area (Å²) in [7, 11) is 0. The molecule has 0 spiro atoms. The van der Waals surface area contributed by atoms with Crippen molar-refractivity contribution in [2.24, 2.45) is 0 Å². The van der Waals surface area contributed by atoms with Crippen LogP contribution in [0.3, 0.4) is 0 Å². The lowest BCUT2D eigenvalue weighted by atomic mass is 10.0. The fraction of sp³-hybridized carbons (Fsp3) is 0.278. The number of hydrogen-bond acceptors (Lipinski definition) is 4. The molecular weight excluding hydrogens is 292 g/mol. The maximum absolute atomic E-state index is 5.88. The molecule has 1 atom stereocenters. The third kappa shape index (κ3) is 2.77. The first-order chi connectivity index (χ1) is 10.9. The van der Waals surface area contributed by atoms with E-state index in [1.54, 1.807) is 11.3 Å². The van der Waals surface area contributed by atoms with Gasteiger partial charge in [0.25, 0.3) is 0 Å². The number of morpholine rings is 1. The Labute approximate surface area is 134 Å². The second-order valence-electron chi connectivity index (χ2n) is 5.60. The van der Waals surface area contributed by atoms with Crippen LogP contribution in [0, 0.1) is 0 Å². The Kier molecular flexibility index (Phi) is 3.89. The predicted molar refractivity (Wildman–Crippen MR) is 90.0 cm³/mol. The minimum Gasteiger partial charge on any atom is -0.368 e. The van der Waals surface area contributed by atoms with Gasteiger partial charge in [0.2, 0.25) is 0 Å². The third-order valence-electron chi connectivity index (χ3n) is 4.15. The van der Waals surface area contributed by atoms with E-state index in [0.717, 1.165) is 31.2 Å². The number of hydrogen-bond donors (Lipinski definition) is 0. The van der Waals surface area contributed by atoms with Crippen molar-refractivity contribution in [1.82, 2.24) is 9.88 Å². The van der Waals surface area contributed by atoms with Gasteiger partial charge in [0.15, 0.2) is 0 Å². The van der Waals surface area contributed by atoms with Crippen molar-refractivity contribution in [1.29, 1.82) is 0 Å². The van der Waals surface area contributed by atoms with Crippen LogP contribution in [0.2, 0.25) is 0 Å². The summed E-state index contributed by atoms with van der Waals surface area (Å²) in [6, 6.07) is 15.2. The molecule has 2 heterocycles. The van der Waals surface area contributed by atoms with Crippen LogP contribution in [0.5, 0.6) is 0 Å². The van der Waals surface area contributed by atoms with Gasteiger partial charge in [-0.05, 0) is 16.3 Å². The largest absolute Gasteiger partial charge is 0.368 e. The summed E-state index contributed by atoms with van der Waals surface area (Å²) in [5, 5.41) is 5.76. The molecule has 2 aromatic carbocycles. The summed E-state index contributed by atoms with van der Waals surface area (Å²) in [4.78, 5) is 6.87. The molecule has 0 aliphatic carbocycles. The number of aromatic nitrogens is 1. The van der Waals surface area contributed by atoms with Crippen LogP contribution in [0.15, 0.2) is 54.0 Å². The molecule has 112 valence electrons. The summed E-state index contributed by atoms with van der Waals surface area (Å²) in [5.74, 6) is 0. The molecule has 0 bridgehead atoms. The fourth-order valence-electron chi connectivity index (χ4n) is 3.06. The summed E-state index contributed by atoms with van der Waals surface area (Å²) < 4.78 is 5.88. The Morgan fingerprint density at radius 3 is 3.00 bits per heavy atom. The number of thiazole rings is 1. The number of fused-ring (bicyclic) bond motifs is 1. The van der Waals surface area contributed by atoms with Gasteiger partial charge in [-0.25, -0.2) is 4.98 Å². The van der Waals surface area contributed by atoms with E-state index >= 15 is 0 Å². The van der Waals surface area contributed by atoms with Crippen LogP contribution in [-0.2, 0) is 11.3 Å². The van der Waals surface area contributed by atoms with Gasteiger partial charge in [-0.3, -0.25) is 4.90 Å². The lowest BCUT2D eigenvalue weighted by Gasteiger charge is -2.32. The van der Waals surface area contributed by atoms with E-state index in [1.807, 2.05) is 11.6 Å². The maximum atomic E-state index is 5.88. The highest BCUT2D eigenvalue weighted by atomic mass is 32.1. The minimum atomic E-state index is 0.115. The molecule has 22 heavy (non-hydrogen) atoms. The first-order valence-electron chi connectivity index (χ1n) is 7.60. The van der Waals surface area contributed by atoms with Crippen molar-refractivity contribution in [2.75, 3.05) is 19.7 Å². The molecule has 3 nitrogen and oxygen atoms in total. The lowest BCUT2D eigenvalue weighted by molar-refractivity contribution is -0.0328. The maximum Gasteiger partial charge on any atom is 0.123 e. The summed E-state index contributed by atoms with van der Waals surface area (Å²) in [6.45, 7) is 3.63. The molecule has 1 saturated heterocycles. The zero-order valence-electron chi connectivity index (χ0n) is 12.3. The van der Waals surface area contributed by atoms with Gasteiger partial charge in [-0.1, -0.05) is 42.5 Å². The summed E-state index contributed by atoms with van der Waals surface area (Å²) in [5.41, 5.74) is 1.39. The van der Waals surface area contributed by atoms with Crippen molar-refractivity contribution in [3.05, 3.63) is 64.6 Å². The number of nitrogens with zero attached hydrogens (tertiary/aromatic N) is 2. The Morgan fingerprint density at radius 2 is 2.09 bits per heavy atom. The Morgan fingerprint density at radius 1 is 1.18 bits per heavy atom. The predicted octanol–water partition coefficient (Wildman–Crippen LogP) is 3.87. The Hall–Kier alpha value is -1.75. The monoisotopic (exact) mass is 310 g/mol. The highest BCUT2D eigenvalue weighted by Gasteiger charge is 2.24. The fourth-order valence-corrected chi connectivity index (χ4v) is 3.74. The SMILES string of the molecule is c1ccc2c(CN3CCO[C@@H](c4nccs4)C3)cccc2c1. The van der Waals surface area contributed by atoms with E-state index in [-0.39, 0.29) is 6.10 Å². The summed E-state index contributed by atoms with van der Waals surface area (Å²) >= 11 is 1.68. The molecule has 4 heteroatoms. The van der Waals surface area contributed by atoms with Crippen molar-refractivity contribution >= 4 is 22.1 Å². The second-order valence-corrected chi connectivity index (χ2v) is 6.53. The molecule has 1 aliphatic rings. The van der Waals surface area contributed by atoms with E-state index in [9.17, 15) is 0 Å². The van der Waals surface area contributed by atoms with E-state index in [4.69, 9.17) is 4.74 Å². The molecule has 3 aromatic rings. The smallest absolute Gasteiger partial charge is 0.123 e. The molecule has 0 N–H and O–H groups in total. The van der Waals surface area contributed by atoms with Crippen LogP contribution in [0.25, 0.3) is 10.8 Å². The first-order valence-corrected chi connectivity index (χ1v) is 8.48. The van der Waals surface area contributed by atoms with Crippen LogP contribution in [0.4, 0.5) is 0 Å². The molecule has 0 radical (unpaired) electrons. The van der Waals surface area contributed by atoms with Crippen LogP contribution in [0.1, 0.15) is 16.7 Å². The lowest BCUT2D eigenvalue weighted by Crippen LogP contribution is -2.37. The van der Waals surface area contributed by atoms with Gasteiger partial charge in [0.05, 0.1) is 6.61 Å². The van der Waals surface area contributed by atoms with Crippen molar-refractivity contribution < 1.29 is 4.74 Å². The topological polar surface area (TPSA) is 25.4 Å². The van der Waals surface area contributed by atoms with Crippen molar-refractivity contribution in [2.45, 2.75) is 12.6 Å². The van der Waals surface area contributed by atoms with E-state index in [2.05, 4.69) is 52.3 Å². The molecule has 1 aromatic heterocycles. The average Bonchev–Trinajstić information content (AvgIpc) is 3.10. The zero-order valence-corrected chi connectivity index (χ0v) is 13.1. The van der Waals surface area contributed by atoms with Crippen molar-refractivity contribution in [3.8, 4) is 0 Å². The zero-order chi connectivity index (χ0) is 14.8. The van der Waals surface area contributed by atoms with Gasteiger partial charge in [0, 0.05) is 31.2 Å². The van der Waals surface area contributed by atoms with E-state index in [1.165, 1.54) is 16.3 Å². The van der Waals surface area contributed by atoms with Gasteiger partial charge in [-0.2, -0.15) is 0 Å². The normalized spacial score (nSPS) is 19.5. The average molecular weight is 310 g/mol. The van der Waals surface area contributed by atoms with E-state index in [0.29, 0.717) is 0 Å². The number of benzene rings is 2. The molecular formula is C18H18N2OS. The van der Waals surface area contributed by atoms with Crippen molar-refractivity contribution in [3.63, 3.8) is 0 Å². The standard InChI is InChI=1S/C18H18N2OS/c1-2-7-16-14(4-1)5-3-6-15(16)12-20-9-10-21-17(13-20)18-19-8-11-22-18/h1-8,11,17H,9-10,12-13H2/t17-/m1/s1. The van der Waals surface area contributed by atoms with E-state index < -0.39 is 0 Å². The number of rotatable bonds is 3. The highest BCUT2D eigenvalue weighted by Crippen LogP contribution is 2.26.